The first-order valence-electron chi connectivity index (χ1n) is 6.81. The molecule has 0 fully saturated rings. The standard InChI is InChI=1S/C14H28O2/c1-5-7-8-9-10-11-12(3)13(4)16-14(15)6-2/h12-13H,5-11H2,1-4H3. The molecule has 0 radical (unpaired) electrons. The summed E-state index contributed by atoms with van der Waals surface area (Å²) < 4.78 is 5.30. The van der Waals surface area contributed by atoms with Crippen LogP contribution in [0.15, 0.2) is 0 Å². The second-order valence-electron chi connectivity index (χ2n) is 4.73. The highest BCUT2D eigenvalue weighted by Gasteiger charge is 2.15. The van der Waals surface area contributed by atoms with E-state index in [0.717, 1.165) is 0 Å². The van der Waals surface area contributed by atoms with E-state index in [4.69, 9.17) is 4.74 Å². The number of carbonyl (C=O) groups excluding carboxylic acids is 1. The largest absolute Gasteiger partial charge is 0.462 e. The monoisotopic (exact) mass is 228 g/mol. The van der Waals surface area contributed by atoms with Crippen LogP contribution in [-0.2, 0) is 9.53 Å². The Balaban J connectivity index is 3.54. The molecule has 0 rings (SSSR count). The van der Waals surface area contributed by atoms with Gasteiger partial charge in [0.05, 0.1) is 0 Å². The van der Waals surface area contributed by atoms with E-state index in [1.165, 1.54) is 38.5 Å². The van der Waals surface area contributed by atoms with Crippen molar-refractivity contribution in [3.05, 3.63) is 0 Å². The van der Waals surface area contributed by atoms with Crippen LogP contribution in [0.2, 0.25) is 0 Å². The number of carbonyl (C=O) groups is 1. The molecule has 2 heteroatoms. The summed E-state index contributed by atoms with van der Waals surface area (Å²) in [4.78, 5) is 11.1. The van der Waals surface area contributed by atoms with Crippen LogP contribution >= 0.6 is 0 Å². The molecule has 0 saturated heterocycles. The van der Waals surface area contributed by atoms with Gasteiger partial charge in [0, 0.05) is 6.42 Å². The van der Waals surface area contributed by atoms with Crippen LogP contribution in [0.4, 0.5) is 0 Å². The van der Waals surface area contributed by atoms with Crippen molar-refractivity contribution in [2.24, 2.45) is 5.92 Å². The molecule has 2 unspecified atom stereocenters. The van der Waals surface area contributed by atoms with E-state index in [2.05, 4.69) is 13.8 Å². The van der Waals surface area contributed by atoms with Crippen LogP contribution < -0.4 is 0 Å². The molecular formula is C14H28O2. The fraction of sp³-hybridized carbons (Fsp3) is 0.929. The molecule has 2 nitrogen and oxygen atoms in total. The molecule has 0 bridgehead atoms. The summed E-state index contributed by atoms with van der Waals surface area (Å²) in [5.74, 6) is 0.405. The molecular weight excluding hydrogens is 200 g/mol. The van der Waals surface area contributed by atoms with E-state index in [1.54, 1.807) is 0 Å². The molecule has 0 spiro atoms. The quantitative estimate of drug-likeness (QED) is 0.434. The lowest BCUT2D eigenvalue weighted by molar-refractivity contribution is -0.150. The SMILES string of the molecule is CCCCCCCC(C)C(C)OC(=O)CC. The smallest absolute Gasteiger partial charge is 0.305 e. The van der Waals surface area contributed by atoms with Crippen LogP contribution in [0.25, 0.3) is 0 Å². The number of hydrogen-bond donors (Lipinski definition) is 0. The number of unbranched alkanes of at least 4 members (excludes halogenated alkanes) is 4. The van der Waals surface area contributed by atoms with Gasteiger partial charge in [0.2, 0.25) is 0 Å². The number of hydrogen-bond acceptors (Lipinski definition) is 2. The summed E-state index contributed by atoms with van der Waals surface area (Å²) in [5.41, 5.74) is 0. The first kappa shape index (κ1) is 15.5. The summed E-state index contributed by atoms with van der Waals surface area (Å²) >= 11 is 0. The molecule has 0 aromatic rings. The highest BCUT2D eigenvalue weighted by atomic mass is 16.5. The maximum atomic E-state index is 11.1. The Morgan fingerprint density at radius 3 is 2.25 bits per heavy atom. The average molecular weight is 228 g/mol. The Labute approximate surface area is 101 Å². The summed E-state index contributed by atoms with van der Waals surface area (Å²) in [7, 11) is 0. The molecule has 0 aliphatic rings. The van der Waals surface area contributed by atoms with Crippen LogP contribution in [0.1, 0.15) is 72.6 Å². The van der Waals surface area contributed by atoms with Crippen LogP contribution in [0, 0.1) is 5.92 Å². The minimum absolute atomic E-state index is 0.0682. The van der Waals surface area contributed by atoms with Gasteiger partial charge in [-0.3, -0.25) is 4.79 Å². The summed E-state index contributed by atoms with van der Waals surface area (Å²) in [5, 5.41) is 0. The van der Waals surface area contributed by atoms with Gasteiger partial charge < -0.3 is 4.74 Å². The third-order valence-corrected chi connectivity index (χ3v) is 3.17. The number of ether oxygens (including phenoxy) is 1. The minimum atomic E-state index is -0.0784. The molecule has 2 atom stereocenters. The van der Waals surface area contributed by atoms with Gasteiger partial charge in [0.15, 0.2) is 0 Å². The summed E-state index contributed by atoms with van der Waals surface area (Å²) in [6, 6.07) is 0. The summed E-state index contributed by atoms with van der Waals surface area (Å²) in [6.07, 6.45) is 8.26. The third-order valence-electron chi connectivity index (χ3n) is 3.17. The predicted molar refractivity (Wildman–Crippen MR) is 68.4 cm³/mol. The highest BCUT2D eigenvalue weighted by molar-refractivity contribution is 5.69. The maximum absolute atomic E-state index is 11.1. The van der Waals surface area contributed by atoms with Gasteiger partial charge in [-0.1, -0.05) is 52.9 Å². The predicted octanol–water partition coefficient (Wildman–Crippen LogP) is 4.32. The van der Waals surface area contributed by atoms with Gasteiger partial charge in [-0.25, -0.2) is 0 Å². The Kier molecular flexibility index (Phi) is 9.36. The van der Waals surface area contributed by atoms with E-state index in [-0.39, 0.29) is 12.1 Å². The van der Waals surface area contributed by atoms with E-state index in [1.807, 2.05) is 13.8 Å². The molecule has 0 amide bonds. The second kappa shape index (κ2) is 9.68. The minimum Gasteiger partial charge on any atom is -0.462 e. The van der Waals surface area contributed by atoms with Gasteiger partial charge >= 0.3 is 5.97 Å². The van der Waals surface area contributed by atoms with E-state index in [0.29, 0.717) is 12.3 Å². The molecule has 0 saturated carbocycles. The van der Waals surface area contributed by atoms with Gasteiger partial charge in [0.25, 0.3) is 0 Å². The third kappa shape index (κ3) is 7.72. The highest BCUT2D eigenvalue weighted by Crippen LogP contribution is 2.17. The van der Waals surface area contributed by atoms with Crippen molar-refractivity contribution < 1.29 is 9.53 Å². The van der Waals surface area contributed by atoms with Crippen molar-refractivity contribution in [2.45, 2.75) is 78.7 Å². The van der Waals surface area contributed by atoms with E-state index in [9.17, 15) is 4.79 Å². The second-order valence-corrected chi connectivity index (χ2v) is 4.73. The molecule has 0 heterocycles. The number of esters is 1. The molecule has 0 aromatic carbocycles. The van der Waals surface area contributed by atoms with Crippen molar-refractivity contribution in [3.63, 3.8) is 0 Å². The van der Waals surface area contributed by atoms with Crippen LogP contribution in [0.3, 0.4) is 0 Å². The molecule has 0 aromatic heterocycles. The van der Waals surface area contributed by atoms with Gasteiger partial charge in [0.1, 0.15) is 6.10 Å². The van der Waals surface area contributed by atoms with E-state index < -0.39 is 0 Å². The van der Waals surface area contributed by atoms with Gasteiger partial charge in [-0.2, -0.15) is 0 Å². The van der Waals surface area contributed by atoms with Gasteiger partial charge in [-0.15, -0.1) is 0 Å². The van der Waals surface area contributed by atoms with E-state index >= 15 is 0 Å². The zero-order valence-electron chi connectivity index (χ0n) is 11.4. The Morgan fingerprint density at radius 2 is 1.69 bits per heavy atom. The zero-order valence-corrected chi connectivity index (χ0v) is 11.4. The zero-order chi connectivity index (χ0) is 12.4. The molecule has 0 N–H and O–H groups in total. The Morgan fingerprint density at radius 1 is 1.06 bits per heavy atom. The first-order valence-corrected chi connectivity index (χ1v) is 6.81. The molecule has 96 valence electrons. The fourth-order valence-corrected chi connectivity index (χ4v) is 1.71. The van der Waals surface area contributed by atoms with Crippen LogP contribution in [-0.4, -0.2) is 12.1 Å². The van der Waals surface area contributed by atoms with Crippen LogP contribution in [0.5, 0.6) is 0 Å². The van der Waals surface area contributed by atoms with Crippen molar-refractivity contribution >= 4 is 5.97 Å². The Hall–Kier alpha value is -0.530. The topological polar surface area (TPSA) is 26.3 Å². The Bertz CT molecular complexity index is 178. The maximum Gasteiger partial charge on any atom is 0.305 e. The lowest BCUT2D eigenvalue weighted by Gasteiger charge is -2.20. The number of rotatable bonds is 9. The van der Waals surface area contributed by atoms with Gasteiger partial charge in [-0.05, 0) is 19.3 Å². The lowest BCUT2D eigenvalue weighted by atomic mass is 9.98. The van der Waals surface area contributed by atoms with Crippen molar-refractivity contribution in [1.29, 1.82) is 0 Å². The fourth-order valence-electron chi connectivity index (χ4n) is 1.71. The normalized spacial score (nSPS) is 14.5. The molecule has 16 heavy (non-hydrogen) atoms. The van der Waals surface area contributed by atoms with Crippen molar-refractivity contribution in [1.82, 2.24) is 0 Å². The summed E-state index contributed by atoms with van der Waals surface area (Å²) in [6.45, 7) is 8.25. The van der Waals surface area contributed by atoms with Crippen molar-refractivity contribution in [2.75, 3.05) is 0 Å². The molecule has 0 aliphatic heterocycles. The first-order chi connectivity index (χ1) is 7.61. The average Bonchev–Trinajstić information content (AvgIpc) is 2.28. The van der Waals surface area contributed by atoms with Crippen molar-refractivity contribution in [3.8, 4) is 0 Å². The lowest BCUT2D eigenvalue weighted by Crippen LogP contribution is -2.21. The molecule has 0 aliphatic carbocycles.